The van der Waals surface area contributed by atoms with Crippen molar-refractivity contribution in [2.24, 2.45) is 0 Å². The van der Waals surface area contributed by atoms with Gasteiger partial charge in [-0.15, -0.1) is 0 Å². The molecule has 0 unspecified atom stereocenters. The predicted octanol–water partition coefficient (Wildman–Crippen LogP) is 4.46. The summed E-state index contributed by atoms with van der Waals surface area (Å²) in [6, 6.07) is 16.0. The van der Waals surface area contributed by atoms with Crippen LogP contribution in [0, 0.1) is 0 Å². The monoisotopic (exact) mass is 401 g/mol. The highest BCUT2D eigenvalue weighted by Gasteiger charge is 2.10. The van der Waals surface area contributed by atoms with Crippen LogP contribution in [0.2, 0.25) is 0 Å². The number of carbonyl (C=O) groups is 1. The summed E-state index contributed by atoms with van der Waals surface area (Å²) in [6.45, 7) is -0.133. The Hall–Kier alpha value is -2.57. The van der Waals surface area contributed by atoms with E-state index in [1.807, 2.05) is 12.1 Å². The number of furan rings is 1. The van der Waals surface area contributed by atoms with Crippen molar-refractivity contribution in [3.63, 3.8) is 0 Å². The van der Waals surface area contributed by atoms with Crippen LogP contribution in [0.1, 0.15) is 16.1 Å². The third-order valence-corrected chi connectivity index (χ3v) is 4.28. The molecule has 3 aromatic rings. The fourth-order valence-corrected chi connectivity index (χ4v) is 2.89. The summed E-state index contributed by atoms with van der Waals surface area (Å²) in [7, 11) is 1.57. The molecule has 6 heteroatoms. The molecule has 1 aromatic heterocycles. The summed E-state index contributed by atoms with van der Waals surface area (Å²) in [4.78, 5) is 12.3. The number of aliphatic hydroxyl groups is 1. The van der Waals surface area contributed by atoms with Gasteiger partial charge in [0.05, 0.1) is 11.6 Å². The van der Waals surface area contributed by atoms with Gasteiger partial charge in [0.1, 0.15) is 23.9 Å². The number of anilines is 1. The van der Waals surface area contributed by atoms with Crippen molar-refractivity contribution in [2.45, 2.75) is 6.61 Å². The molecule has 2 N–H and O–H groups in total. The lowest BCUT2D eigenvalue weighted by molar-refractivity contribution is 0.102. The van der Waals surface area contributed by atoms with Gasteiger partial charge in [0.15, 0.2) is 0 Å². The number of ether oxygens (including phenoxy) is 1. The van der Waals surface area contributed by atoms with Crippen molar-refractivity contribution >= 4 is 27.5 Å². The number of carbonyl (C=O) groups excluding carboxylic acids is 1. The summed E-state index contributed by atoms with van der Waals surface area (Å²) >= 11 is 3.37. The van der Waals surface area contributed by atoms with Crippen LogP contribution in [-0.4, -0.2) is 18.1 Å². The highest BCUT2D eigenvalue weighted by atomic mass is 79.9. The van der Waals surface area contributed by atoms with E-state index in [1.165, 1.54) is 0 Å². The zero-order valence-electron chi connectivity index (χ0n) is 13.5. The lowest BCUT2D eigenvalue weighted by atomic mass is 10.1. The zero-order valence-corrected chi connectivity index (χ0v) is 15.0. The number of hydrogen-bond acceptors (Lipinski definition) is 4. The summed E-state index contributed by atoms with van der Waals surface area (Å²) in [5.41, 5.74) is 2.06. The second-order valence-corrected chi connectivity index (χ2v) is 6.16. The van der Waals surface area contributed by atoms with E-state index in [2.05, 4.69) is 21.2 Å². The molecule has 0 aliphatic carbocycles. The maximum atomic E-state index is 12.3. The van der Waals surface area contributed by atoms with Crippen molar-refractivity contribution in [1.29, 1.82) is 0 Å². The van der Waals surface area contributed by atoms with Gasteiger partial charge in [-0.1, -0.05) is 0 Å². The molecule has 0 spiro atoms. The molecule has 3 rings (SSSR count). The standard InChI is InChI=1S/C19H16BrNO4/c1-24-18-8-4-13(10-16(18)20)19(23)21-14-5-2-12(3-6-14)17-9-7-15(11-22)25-17/h2-10,22H,11H2,1H3,(H,21,23). The minimum Gasteiger partial charge on any atom is -0.496 e. The molecule has 5 nitrogen and oxygen atoms in total. The van der Waals surface area contributed by atoms with E-state index in [1.54, 1.807) is 49.6 Å². The van der Waals surface area contributed by atoms with Crippen LogP contribution >= 0.6 is 15.9 Å². The molecule has 0 bridgehead atoms. The van der Waals surface area contributed by atoms with Gasteiger partial charge in [-0.3, -0.25) is 4.79 Å². The molecule has 0 radical (unpaired) electrons. The maximum Gasteiger partial charge on any atom is 0.255 e. The first kappa shape index (κ1) is 17.3. The fraction of sp³-hybridized carbons (Fsp3) is 0.105. The number of aliphatic hydroxyl groups excluding tert-OH is 1. The van der Waals surface area contributed by atoms with Gasteiger partial charge >= 0.3 is 0 Å². The van der Waals surface area contributed by atoms with E-state index in [0.29, 0.717) is 28.5 Å². The van der Waals surface area contributed by atoms with Crippen molar-refractivity contribution in [1.82, 2.24) is 0 Å². The third-order valence-electron chi connectivity index (χ3n) is 3.66. The summed E-state index contributed by atoms with van der Waals surface area (Å²) in [5, 5.41) is 11.9. The van der Waals surface area contributed by atoms with Crippen molar-refractivity contribution in [3.8, 4) is 17.1 Å². The summed E-state index contributed by atoms with van der Waals surface area (Å²) in [6.07, 6.45) is 0. The molecular weight excluding hydrogens is 386 g/mol. The average molecular weight is 402 g/mol. The Morgan fingerprint density at radius 1 is 1.16 bits per heavy atom. The Bertz CT molecular complexity index is 887. The molecule has 128 valence electrons. The first-order chi connectivity index (χ1) is 12.1. The molecule has 0 saturated carbocycles. The Kier molecular flexibility index (Phi) is 5.21. The van der Waals surface area contributed by atoms with Crippen molar-refractivity contribution in [2.75, 3.05) is 12.4 Å². The van der Waals surface area contributed by atoms with Gasteiger partial charge in [-0.25, -0.2) is 0 Å². The highest BCUT2D eigenvalue weighted by Crippen LogP contribution is 2.27. The van der Waals surface area contributed by atoms with Crippen LogP contribution in [0.15, 0.2) is 63.5 Å². The lowest BCUT2D eigenvalue weighted by Crippen LogP contribution is -2.11. The van der Waals surface area contributed by atoms with Crippen LogP contribution in [0.4, 0.5) is 5.69 Å². The molecule has 0 aliphatic rings. The number of amides is 1. The van der Waals surface area contributed by atoms with Crippen LogP contribution in [0.3, 0.4) is 0 Å². The Balaban J connectivity index is 1.72. The second kappa shape index (κ2) is 7.55. The van der Waals surface area contributed by atoms with E-state index < -0.39 is 0 Å². The molecule has 2 aromatic carbocycles. The third kappa shape index (κ3) is 3.92. The van der Waals surface area contributed by atoms with Gasteiger partial charge in [0, 0.05) is 16.8 Å². The molecule has 0 aliphatic heterocycles. The molecule has 0 fully saturated rings. The van der Waals surface area contributed by atoms with Gasteiger partial charge in [-0.05, 0) is 70.5 Å². The van der Waals surface area contributed by atoms with E-state index in [9.17, 15) is 4.79 Å². The first-order valence-electron chi connectivity index (χ1n) is 7.55. The number of halogens is 1. The van der Waals surface area contributed by atoms with E-state index >= 15 is 0 Å². The fourth-order valence-electron chi connectivity index (χ4n) is 2.35. The number of rotatable bonds is 5. The van der Waals surface area contributed by atoms with Crippen LogP contribution in [0.5, 0.6) is 5.75 Å². The number of benzene rings is 2. The normalized spacial score (nSPS) is 10.5. The minimum atomic E-state index is -0.211. The van der Waals surface area contributed by atoms with Crippen LogP contribution in [-0.2, 0) is 6.61 Å². The largest absolute Gasteiger partial charge is 0.496 e. The smallest absolute Gasteiger partial charge is 0.255 e. The summed E-state index contributed by atoms with van der Waals surface area (Å²) in [5.74, 6) is 1.64. The lowest BCUT2D eigenvalue weighted by Gasteiger charge is -2.08. The van der Waals surface area contributed by atoms with Crippen LogP contribution < -0.4 is 10.1 Å². The number of hydrogen-bond donors (Lipinski definition) is 2. The van der Waals surface area contributed by atoms with E-state index in [4.69, 9.17) is 14.3 Å². The van der Waals surface area contributed by atoms with Crippen LogP contribution in [0.25, 0.3) is 11.3 Å². The molecule has 1 heterocycles. The van der Waals surface area contributed by atoms with Crippen molar-refractivity contribution in [3.05, 3.63) is 70.4 Å². The molecule has 0 atom stereocenters. The quantitative estimate of drug-likeness (QED) is 0.661. The molecular formula is C19H16BrNO4. The minimum absolute atomic E-state index is 0.133. The average Bonchev–Trinajstić information content (AvgIpc) is 3.11. The second-order valence-electron chi connectivity index (χ2n) is 5.30. The van der Waals surface area contributed by atoms with Gasteiger partial charge < -0.3 is 19.6 Å². The topological polar surface area (TPSA) is 71.7 Å². The first-order valence-corrected chi connectivity index (χ1v) is 8.35. The Morgan fingerprint density at radius 2 is 1.92 bits per heavy atom. The highest BCUT2D eigenvalue weighted by molar-refractivity contribution is 9.10. The predicted molar refractivity (Wildman–Crippen MR) is 98.7 cm³/mol. The molecule has 1 amide bonds. The zero-order chi connectivity index (χ0) is 17.8. The van der Waals surface area contributed by atoms with E-state index in [0.717, 1.165) is 10.0 Å². The SMILES string of the molecule is COc1ccc(C(=O)Nc2ccc(-c3ccc(CO)o3)cc2)cc1Br. The number of nitrogens with one attached hydrogen (secondary N) is 1. The van der Waals surface area contributed by atoms with Crippen molar-refractivity contribution < 1.29 is 19.1 Å². The molecule has 25 heavy (non-hydrogen) atoms. The van der Waals surface area contributed by atoms with Gasteiger partial charge in [0.2, 0.25) is 0 Å². The Morgan fingerprint density at radius 3 is 2.52 bits per heavy atom. The molecule has 0 saturated heterocycles. The number of methoxy groups -OCH3 is 1. The Labute approximate surface area is 153 Å². The van der Waals surface area contributed by atoms with Gasteiger partial charge in [0.25, 0.3) is 5.91 Å². The van der Waals surface area contributed by atoms with E-state index in [-0.39, 0.29) is 12.5 Å². The summed E-state index contributed by atoms with van der Waals surface area (Å²) < 4.78 is 11.4. The van der Waals surface area contributed by atoms with Gasteiger partial charge in [-0.2, -0.15) is 0 Å². The maximum absolute atomic E-state index is 12.3.